The van der Waals surface area contributed by atoms with Crippen molar-refractivity contribution in [2.45, 2.75) is 87.1 Å². The van der Waals surface area contributed by atoms with Crippen LogP contribution in [0.25, 0.3) is 0 Å². The number of hydrogen-bond acceptors (Lipinski definition) is 11. The van der Waals surface area contributed by atoms with Crippen molar-refractivity contribution in [1.29, 1.82) is 0 Å². The molecule has 0 radical (unpaired) electrons. The van der Waals surface area contributed by atoms with Crippen molar-refractivity contribution in [2.24, 2.45) is 0 Å². The van der Waals surface area contributed by atoms with E-state index in [9.17, 15) is 40.1 Å². The second kappa shape index (κ2) is 12.5. The molecule has 0 unspecified atom stereocenters. The van der Waals surface area contributed by atoms with Crippen molar-refractivity contribution in [1.82, 2.24) is 0 Å². The second-order valence-electron chi connectivity index (χ2n) is 7.48. The second-order valence-corrected chi connectivity index (χ2v) is 7.48. The molecule has 2 aliphatic heterocycles. The number of hydrogen-bond donors (Lipinski definition) is 7. The Bertz CT molecular complexity index is 483. The van der Waals surface area contributed by atoms with Gasteiger partial charge in [-0.2, -0.15) is 0 Å². The van der Waals surface area contributed by atoms with Gasteiger partial charge in [-0.1, -0.05) is 12.8 Å². The Hall–Kier alpha value is -0.510. The molecule has 0 aromatic rings. The average Bonchev–Trinajstić information content (AvgIpc) is 2.75. The minimum absolute atomic E-state index is 0.192. The lowest BCUT2D eigenvalue weighted by atomic mass is 9.97. The Morgan fingerprint density at radius 1 is 0.667 bits per heavy atom. The van der Waals surface area contributed by atoms with Gasteiger partial charge in [0.25, 0.3) is 0 Å². The van der Waals surface area contributed by atoms with Gasteiger partial charge < -0.3 is 54.7 Å². The van der Waals surface area contributed by atoms with E-state index in [1.54, 1.807) is 0 Å². The third-order valence-corrected chi connectivity index (χ3v) is 5.27. The summed E-state index contributed by atoms with van der Waals surface area (Å²) in [6, 6.07) is 0. The molecule has 11 nitrogen and oxygen atoms in total. The quantitative estimate of drug-likeness (QED) is 0.163. The van der Waals surface area contributed by atoms with Gasteiger partial charge in [0.15, 0.2) is 12.6 Å². The minimum atomic E-state index is -1.72. The standard InChI is InChI=1S/C18H33FO11/c19-5-3-1-2-4-6-27-17-15(26)13(24)16(10(8-21)29-17)30-18-14(25)12(23)11(22)9(7-20)28-18/h9-18,20-26H,1-8H2/t9-,10-,11-,12+,13-,14-,15-,16-,17-,18-/m1/s1. The van der Waals surface area contributed by atoms with Crippen LogP contribution in [-0.4, -0.2) is 124 Å². The van der Waals surface area contributed by atoms with Gasteiger partial charge in [-0.15, -0.1) is 0 Å². The van der Waals surface area contributed by atoms with Crippen molar-refractivity contribution in [3.63, 3.8) is 0 Å². The summed E-state index contributed by atoms with van der Waals surface area (Å²) < 4.78 is 33.7. The van der Waals surface area contributed by atoms with Gasteiger partial charge in [0.1, 0.15) is 48.8 Å². The van der Waals surface area contributed by atoms with E-state index in [4.69, 9.17) is 18.9 Å². The highest BCUT2D eigenvalue weighted by Gasteiger charge is 2.50. The first kappa shape index (κ1) is 25.7. The van der Waals surface area contributed by atoms with Crippen LogP contribution in [0.15, 0.2) is 0 Å². The number of alkyl halides is 1. The molecular weight excluding hydrogens is 411 g/mol. The van der Waals surface area contributed by atoms with Crippen LogP contribution in [0.3, 0.4) is 0 Å². The van der Waals surface area contributed by atoms with E-state index in [1.165, 1.54) is 0 Å². The van der Waals surface area contributed by atoms with E-state index in [1.807, 2.05) is 0 Å². The van der Waals surface area contributed by atoms with E-state index in [0.29, 0.717) is 19.3 Å². The van der Waals surface area contributed by atoms with Crippen LogP contribution < -0.4 is 0 Å². The summed E-state index contributed by atoms with van der Waals surface area (Å²) in [5.41, 5.74) is 0. The molecule has 30 heavy (non-hydrogen) atoms. The summed E-state index contributed by atoms with van der Waals surface area (Å²) in [6.07, 6.45) is -12.2. The van der Waals surface area contributed by atoms with Gasteiger partial charge in [-0.25, -0.2) is 0 Å². The van der Waals surface area contributed by atoms with Crippen molar-refractivity contribution in [3.8, 4) is 0 Å². The fraction of sp³-hybridized carbons (Fsp3) is 1.00. The molecule has 0 saturated carbocycles. The topological polar surface area (TPSA) is 179 Å². The highest BCUT2D eigenvalue weighted by molar-refractivity contribution is 4.94. The largest absolute Gasteiger partial charge is 0.394 e. The van der Waals surface area contributed by atoms with Crippen LogP contribution in [-0.2, 0) is 18.9 Å². The molecule has 0 aromatic carbocycles. The maximum absolute atomic E-state index is 12.1. The first-order valence-electron chi connectivity index (χ1n) is 10.1. The smallest absolute Gasteiger partial charge is 0.187 e. The van der Waals surface area contributed by atoms with Crippen molar-refractivity contribution < 1.29 is 59.1 Å². The maximum Gasteiger partial charge on any atom is 0.187 e. The lowest BCUT2D eigenvalue weighted by Crippen LogP contribution is -2.64. The Morgan fingerprint density at radius 2 is 1.27 bits per heavy atom. The van der Waals surface area contributed by atoms with Gasteiger partial charge in [0, 0.05) is 6.61 Å². The van der Waals surface area contributed by atoms with Crippen molar-refractivity contribution >= 4 is 0 Å². The molecule has 2 heterocycles. The number of unbranched alkanes of at least 4 members (excludes halogenated alkanes) is 3. The third-order valence-electron chi connectivity index (χ3n) is 5.27. The molecule has 0 aromatic heterocycles. The summed E-state index contributed by atoms with van der Waals surface area (Å²) in [7, 11) is 0. The lowest BCUT2D eigenvalue weighted by Gasteiger charge is -2.45. The van der Waals surface area contributed by atoms with Crippen molar-refractivity contribution in [2.75, 3.05) is 26.5 Å². The lowest BCUT2D eigenvalue weighted by molar-refractivity contribution is -0.359. The van der Waals surface area contributed by atoms with Gasteiger partial charge in [0.05, 0.1) is 19.9 Å². The first-order chi connectivity index (χ1) is 14.3. The molecule has 2 aliphatic rings. The number of rotatable bonds is 11. The molecule has 2 fully saturated rings. The van der Waals surface area contributed by atoms with E-state index < -0.39 is 74.6 Å². The van der Waals surface area contributed by atoms with Crippen LogP contribution in [0, 0.1) is 0 Å². The summed E-state index contributed by atoms with van der Waals surface area (Å²) in [5.74, 6) is 0. The summed E-state index contributed by atoms with van der Waals surface area (Å²) in [4.78, 5) is 0. The fourth-order valence-corrected chi connectivity index (χ4v) is 3.44. The third kappa shape index (κ3) is 6.26. The van der Waals surface area contributed by atoms with Gasteiger partial charge in [0.2, 0.25) is 0 Å². The molecule has 12 heteroatoms. The number of ether oxygens (including phenoxy) is 4. The van der Waals surface area contributed by atoms with E-state index in [2.05, 4.69) is 0 Å². The molecule has 7 N–H and O–H groups in total. The maximum atomic E-state index is 12.1. The molecule has 0 amide bonds. The van der Waals surface area contributed by atoms with Crippen molar-refractivity contribution in [3.05, 3.63) is 0 Å². The first-order valence-corrected chi connectivity index (χ1v) is 10.1. The van der Waals surface area contributed by atoms with Crippen LogP contribution in [0.1, 0.15) is 25.7 Å². The zero-order valence-corrected chi connectivity index (χ0v) is 16.6. The molecule has 0 aliphatic carbocycles. The van der Waals surface area contributed by atoms with E-state index >= 15 is 0 Å². The molecule has 0 bridgehead atoms. The summed E-state index contributed by atoms with van der Waals surface area (Å²) >= 11 is 0. The van der Waals surface area contributed by atoms with Gasteiger partial charge in [-0.05, 0) is 12.8 Å². The van der Waals surface area contributed by atoms with Crippen LogP contribution >= 0.6 is 0 Å². The monoisotopic (exact) mass is 444 g/mol. The Balaban J connectivity index is 1.94. The van der Waals surface area contributed by atoms with Gasteiger partial charge >= 0.3 is 0 Å². The van der Waals surface area contributed by atoms with Gasteiger partial charge in [-0.3, -0.25) is 4.39 Å². The number of halogens is 1. The molecular formula is C18H33FO11. The predicted molar refractivity (Wildman–Crippen MR) is 96.8 cm³/mol. The highest BCUT2D eigenvalue weighted by atomic mass is 19.1. The van der Waals surface area contributed by atoms with E-state index in [0.717, 1.165) is 6.42 Å². The van der Waals surface area contributed by atoms with Crippen LogP contribution in [0.2, 0.25) is 0 Å². The Morgan fingerprint density at radius 3 is 1.90 bits per heavy atom. The normalized spacial score (nSPS) is 42.4. The summed E-state index contributed by atoms with van der Waals surface area (Å²) in [6.45, 7) is -1.48. The molecule has 178 valence electrons. The van der Waals surface area contributed by atoms with Crippen LogP contribution in [0.4, 0.5) is 4.39 Å². The molecule has 2 saturated heterocycles. The Kier molecular flexibility index (Phi) is 10.7. The molecule has 2 rings (SSSR count). The zero-order valence-electron chi connectivity index (χ0n) is 16.6. The van der Waals surface area contributed by atoms with E-state index in [-0.39, 0.29) is 13.3 Å². The minimum Gasteiger partial charge on any atom is -0.394 e. The number of aliphatic hydroxyl groups excluding tert-OH is 7. The van der Waals surface area contributed by atoms with Crippen LogP contribution in [0.5, 0.6) is 0 Å². The molecule has 10 atom stereocenters. The SMILES string of the molecule is OC[C@H]1O[C@H](O[C@H]2[C@H](O)[C@@H](O)[C@H](OCCCCCCF)O[C@@H]2CO)[C@H](O)[C@@H](O)[C@@H]1O. The fourth-order valence-electron chi connectivity index (χ4n) is 3.44. The summed E-state index contributed by atoms with van der Waals surface area (Å²) in [5, 5.41) is 69.4. The molecule has 0 spiro atoms. The predicted octanol–water partition coefficient (Wildman–Crippen LogP) is -2.84. The average molecular weight is 444 g/mol. The highest BCUT2D eigenvalue weighted by Crippen LogP contribution is 2.29. The Labute approximate surface area is 173 Å². The zero-order chi connectivity index (χ0) is 22.3. The number of aliphatic hydroxyl groups is 7.